The number of rotatable bonds is 3. The Morgan fingerprint density at radius 2 is 2.33 bits per heavy atom. The number of allylic oxidation sites excluding steroid dienone is 1. The van der Waals surface area contributed by atoms with Gasteiger partial charge in [0, 0.05) is 4.92 Å². The summed E-state index contributed by atoms with van der Waals surface area (Å²) in [6, 6.07) is 0. The van der Waals surface area contributed by atoms with Gasteiger partial charge in [-0.15, -0.1) is 0 Å². The average molecular weight is 129 g/mol. The maximum atomic E-state index is 9.73. The number of hydrogen-bond acceptors (Lipinski definition) is 3. The van der Waals surface area contributed by atoms with E-state index < -0.39 is 4.92 Å². The lowest BCUT2D eigenvalue weighted by atomic mass is 10.3. The predicted molar refractivity (Wildman–Crippen MR) is 31.7 cm³/mol. The highest BCUT2D eigenvalue weighted by Gasteiger charge is 1.96. The van der Waals surface area contributed by atoms with Gasteiger partial charge in [-0.25, -0.2) is 0 Å². The van der Waals surface area contributed by atoms with Crippen LogP contribution in [0.5, 0.6) is 0 Å². The molecule has 0 aliphatic rings. The minimum absolute atomic E-state index is 0.251. The van der Waals surface area contributed by atoms with Crippen LogP contribution in [0.1, 0.15) is 6.92 Å². The van der Waals surface area contributed by atoms with Crippen molar-refractivity contribution in [2.75, 3.05) is 6.54 Å². The van der Waals surface area contributed by atoms with Crippen molar-refractivity contribution >= 4 is 6.29 Å². The van der Waals surface area contributed by atoms with Crippen LogP contribution in [0, 0.1) is 10.1 Å². The van der Waals surface area contributed by atoms with E-state index in [1.165, 1.54) is 13.0 Å². The van der Waals surface area contributed by atoms with Crippen LogP contribution in [0.3, 0.4) is 0 Å². The lowest BCUT2D eigenvalue weighted by Crippen LogP contribution is -2.01. The molecule has 0 N–H and O–H groups in total. The fraction of sp³-hybridized carbons (Fsp3) is 0.400. The number of nitro groups is 1. The Balaban J connectivity index is 3.75. The third-order valence-electron chi connectivity index (χ3n) is 0.731. The van der Waals surface area contributed by atoms with Gasteiger partial charge in [-0.05, 0) is 18.6 Å². The van der Waals surface area contributed by atoms with Crippen molar-refractivity contribution in [3.8, 4) is 0 Å². The zero-order valence-electron chi connectivity index (χ0n) is 5.03. The molecule has 0 rings (SSSR count). The van der Waals surface area contributed by atoms with Crippen LogP contribution >= 0.6 is 0 Å². The third kappa shape index (κ3) is 4.67. The molecule has 0 radical (unpaired) electrons. The topological polar surface area (TPSA) is 60.2 Å². The Labute approximate surface area is 52.3 Å². The van der Waals surface area contributed by atoms with Crippen LogP contribution in [-0.4, -0.2) is 17.8 Å². The quantitative estimate of drug-likeness (QED) is 0.240. The molecule has 4 nitrogen and oxygen atoms in total. The minimum Gasteiger partial charge on any atom is -0.299 e. The average Bonchev–Trinajstić information content (AvgIpc) is 1.63. The second-order valence-electron chi connectivity index (χ2n) is 1.64. The fourth-order valence-electron chi connectivity index (χ4n) is 0.372. The molecule has 0 saturated heterocycles. The van der Waals surface area contributed by atoms with Gasteiger partial charge in [-0.2, -0.15) is 0 Å². The summed E-state index contributed by atoms with van der Waals surface area (Å²) < 4.78 is 0. The van der Waals surface area contributed by atoms with E-state index in [0.29, 0.717) is 11.9 Å². The molecule has 0 fully saturated rings. The largest absolute Gasteiger partial charge is 0.299 e. The molecule has 4 heteroatoms. The van der Waals surface area contributed by atoms with Crippen LogP contribution in [0.2, 0.25) is 0 Å². The highest BCUT2D eigenvalue weighted by Crippen LogP contribution is 1.88. The molecule has 0 amide bonds. The predicted octanol–water partition coefficient (Wildman–Crippen LogP) is 0.408. The molecular formula is C5H7NO3. The molecule has 0 spiro atoms. The highest BCUT2D eigenvalue weighted by molar-refractivity contribution is 5.65. The number of aldehydes is 1. The van der Waals surface area contributed by atoms with E-state index >= 15 is 0 Å². The second kappa shape index (κ2) is 3.77. The van der Waals surface area contributed by atoms with Gasteiger partial charge in [-0.1, -0.05) is 0 Å². The molecule has 0 atom stereocenters. The van der Waals surface area contributed by atoms with Gasteiger partial charge in [0.05, 0.1) is 0 Å². The van der Waals surface area contributed by atoms with Crippen LogP contribution in [0.4, 0.5) is 0 Å². The van der Waals surface area contributed by atoms with Gasteiger partial charge in [-0.3, -0.25) is 14.9 Å². The second-order valence-corrected chi connectivity index (χ2v) is 1.64. The molecule has 0 aromatic rings. The van der Waals surface area contributed by atoms with Crippen molar-refractivity contribution in [2.45, 2.75) is 6.92 Å². The molecule has 0 bridgehead atoms. The van der Waals surface area contributed by atoms with E-state index in [1.807, 2.05) is 0 Å². The number of carbonyl (C=O) groups is 1. The monoisotopic (exact) mass is 129 g/mol. The van der Waals surface area contributed by atoms with Crippen molar-refractivity contribution in [1.82, 2.24) is 0 Å². The molecule has 0 heterocycles. The summed E-state index contributed by atoms with van der Waals surface area (Å²) in [5.41, 5.74) is 0.468. The van der Waals surface area contributed by atoms with Gasteiger partial charge in [0.1, 0.15) is 6.29 Å². The number of carbonyl (C=O) groups excluding carboxylic acids is 1. The van der Waals surface area contributed by atoms with Crippen LogP contribution in [-0.2, 0) is 4.79 Å². The Kier molecular flexibility index (Phi) is 3.27. The van der Waals surface area contributed by atoms with E-state index in [4.69, 9.17) is 0 Å². The zero-order chi connectivity index (χ0) is 7.28. The van der Waals surface area contributed by atoms with Gasteiger partial charge in [0.25, 0.3) is 0 Å². The number of hydrogen-bond donors (Lipinski definition) is 0. The molecule has 0 aromatic heterocycles. The maximum absolute atomic E-state index is 9.73. The van der Waals surface area contributed by atoms with E-state index in [2.05, 4.69) is 0 Å². The first kappa shape index (κ1) is 7.81. The third-order valence-corrected chi connectivity index (χ3v) is 0.731. The van der Waals surface area contributed by atoms with Crippen molar-refractivity contribution in [3.05, 3.63) is 21.8 Å². The first-order valence-electron chi connectivity index (χ1n) is 2.39. The van der Waals surface area contributed by atoms with E-state index in [1.54, 1.807) is 0 Å². The SMILES string of the molecule is C/C(=C\C=O)C[N+](=O)[O-]. The van der Waals surface area contributed by atoms with Gasteiger partial charge in [0.2, 0.25) is 6.54 Å². The Hall–Kier alpha value is -1.19. The summed E-state index contributed by atoms with van der Waals surface area (Å²) in [6.45, 7) is 1.29. The summed E-state index contributed by atoms with van der Waals surface area (Å²) in [4.78, 5) is 19.0. The van der Waals surface area contributed by atoms with Gasteiger partial charge >= 0.3 is 0 Å². The van der Waals surface area contributed by atoms with Crippen molar-refractivity contribution in [1.29, 1.82) is 0 Å². The lowest BCUT2D eigenvalue weighted by molar-refractivity contribution is -0.470. The Morgan fingerprint density at radius 3 is 2.67 bits per heavy atom. The summed E-state index contributed by atoms with van der Waals surface area (Å²) in [6.07, 6.45) is 1.72. The van der Waals surface area contributed by atoms with E-state index in [0.717, 1.165) is 0 Å². The van der Waals surface area contributed by atoms with Gasteiger partial charge in [0.15, 0.2) is 0 Å². The summed E-state index contributed by atoms with van der Waals surface area (Å²) in [5, 5.41) is 9.73. The van der Waals surface area contributed by atoms with Crippen molar-refractivity contribution < 1.29 is 9.72 Å². The molecule has 50 valence electrons. The van der Waals surface area contributed by atoms with Gasteiger partial charge < -0.3 is 0 Å². The Morgan fingerprint density at radius 1 is 1.78 bits per heavy atom. The molecule has 0 aromatic carbocycles. The minimum atomic E-state index is -0.477. The normalized spacial score (nSPS) is 11.0. The molecule has 0 saturated carbocycles. The standard InChI is InChI=1S/C5H7NO3/c1-5(2-3-7)4-6(8)9/h2-3H,4H2,1H3/b5-2+. The van der Waals surface area contributed by atoms with Crippen LogP contribution < -0.4 is 0 Å². The van der Waals surface area contributed by atoms with Crippen molar-refractivity contribution in [3.63, 3.8) is 0 Å². The molecule has 9 heavy (non-hydrogen) atoms. The Bertz CT molecular complexity index is 150. The van der Waals surface area contributed by atoms with Crippen LogP contribution in [0.25, 0.3) is 0 Å². The summed E-state index contributed by atoms with van der Waals surface area (Å²) in [7, 11) is 0. The van der Waals surface area contributed by atoms with Crippen molar-refractivity contribution in [2.24, 2.45) is 0 Å². The summed E-state index contributed by atoms with van der Waals surface area (Å²) >= 11 is 0. The number of nitrogens with zero attached hydrogens (tertiary/aromatic N) is 1. The first-order chi connectivity index (χ1) is 4.16. The smallest absolute Gasteiger partial charge is 0.225 e. The van der Waals surface area contributed by atoms with E-state index in [-0.39, 0.29) is 6.54 Å². The lowest BCUT2D eigenvalue weighted by Gasteiger charge is -1.87. The molecule has 0 aliphatic heterocycles. The molecule has 0 unspecified atom stereocenters. The molecule has 0 aliphatic carbocycles. The highest BCUT2D eigenvalue weighted by atomic mass is 16.6. The zero-order valence-corrected chi connectivity index (χ0v) is 5.03. The molecular weight excluding hydrogens is 122 g/mol. The maximum Gasteiger partial charge on any atom is 0.225 e. The fourth-order valence-corrected chi connectivity index (χ4v) is 0.372. The van der Waals surface area contributed by atoms with Crippen LogP contribution in [0.15, 0.2) is 11.6 Å². The van der Waals surface area contributed by atoms with E-state index in [9.17, 15) is 14.9 Å². The summed E-state index contributed by atoms with van der Waals surface area (Å²) in [5.74, 6) is 0. The first-order valence-corrected chi connectivity index (χ1v) is 2.39.